The number of rotatable bonds is 10. The Morgan fingerprint density at radius 3 is 2.23 bits per heavy atom. The van der Waals surface area contributed by atoms with E-state index >= 15 is 0 Å². The third-order valence-electron chi connectivity index (χ3n) is 4.22. The third-order valence-corrected chi connectivity index (χ3v) is 5.24. The number of amides is 1. The van der Waals surface area contributed by atoms with Gasteiger partial charge in [0.1, 0.15) is 5.82 Å². The van der Waals surface area contributed by atoms with Gasteiger partial charge in [-0.05, 0) is 48.5 Å². The number of hydrogen-bond acceptors (Lipinski definition) is 3. The van der Waals surface area contributed by atoms with Crippen LogP contribution in [0.4, 0.5) is 4.39 Å². The Labute approximate surface area is 160 Å². The van der Waals surface area contributed by atoms with E-state index in [1.807, 2.05) is 0 Å². The van der Waals surface area contributed by atoms with Gasteiger partial charge in [0.15, 0.2) is 0 Å². The molecular formula is C21H27FN2OS. The molecule has 2 rings (SSSR count). The summed E-state index contributed by atoms with van der Waals surface area (Å²) >= 11 is 1.56. The molecule has 0 saturated heterocycles. The second kappa shape index (κ2) is 11.0. The maximum atomic E-state index is 12.8. The van der Waals surface area contributed by atoms with Gasteiger partial charge in [-0.3, -0.25) is 9.69 Å². The van der Waals surface area contributed by atoms with Crippen LogP contribution in [-0.4, -0.2) is 29.6 Å². The lowest BCUT2D eigenvalue weighted by Crippen LogP contribution is -2.23. The first-order chi connectivity index (χ1) is 12.6. The zero-order valence-electron chi connectivity index (χ0n) is 15.5. The molecule has 1 N–H and O–H groups in total. The van der Waals surface area contributed by atoms with Gasteiger partial charge in [0.05, 0.1) is 0 Å². The molecule has 2 aromatic rings. The summed E-state index contributed by atoms with van der Waals surface area (Å²) in [6.45, 7) is 7.93. The molecule has 3 nitrogen and oxygen atoms in total. The van der Waals surface area contributed by atoms with Gasteiger partial charge in [-0.1, -0.05) is 38.1 Å². The Balaban J connectivity index is 1.69. The average Bonchev–Trinajstić information content (AvgIpc) is 2.67. The number of carbonyl (C=O) groups is 1. The van der Waals surface area contributed by atoms with E-state index in [9.17, 15) is 9.18 Å². The van der Waals surface area contributed by atoms with E-state index in [0.717, 1.165) is 30.1 Å². The van der Waals surface area contributed by atoms with Crippen LogP contribution in [0.5, 0.6) is 0 Å². The second-order valence-electron chi connectivity index (χ2n) is 6.11. The molecule has 0 spiro atoms. The fraction of sp³-hybridized carbons (Fsp3) is 0.381. The summed E-state index contributed by atoms with van der Waals surface area (Å²) in [5, 5.41) is 2.95. The molecule has 0 saturated carbocycles. The number of thioether (sulfide) groups is 1. The lowest BCUT2D eigenvalue weighted by atomic mass is 10.1. The van der Waals surface area contributed by atoms with Crippen molar-refractivity contribution in [2.24, 2.45) is 0 Å². The molecule has 140 valence electrons. The predicted molar refractivity (Wildman–Crippen MR) is 107 cm³/mol. The first-order valence-electron chi connectivity index (χ1n) is 9.06. The monoisotopic (exact) mass is 374 g/mol. The minimum Gasteiger partial charge on any atom is -0.352 e. The van der Waals surface area contributed by atoms with Gasteiger partial charge < -0.3 is 5.32 Å². The van der Waals surface area contributed by atoms with Crippen molar-refractivity contribution in [1.29, 1.82) is 0 Å². The zero-order chi connectivity index (χ0) is 18.8. The molecule has 2 aromatic carbocycles. The van der Waals surface area contributed by atoms with Crippen molar-refractivity contribution < 1.29 is 9.18 Å². The second-order valence-corrected chi connectivity index (χ2v) is 7.28. The quantitative estimate of drug-likeness (QED) is 0.623. The maximum absolute atomic E-state index is 12.8. The fourth-order valence-electron chi connectivity index (χ4n) is 2.55. The largest absolute Gasteiger partial charge is 0.352 e. The standard InChI is InChI=1S/C21H27FN2OS/c1-3-24(4-2)16-18-7-5-17(6-8-18)15-23-21(25)13-14-26-20-11-9-19(22)10-12-20/h5-12H,3-4,13-16H2,1-2H3,(H,23,25). The molecule has 5 heteroatoms. The zero-order valence-corrected chi connectivity index (χ0v) is 16.3. The summed E-state index contributed by atoms with van der Waals surface area (Å²) in [5.74, 6) is 0.474. The summed E-state index contributed by atoms with van der Waals surface area (Å²) in [7, 11) is 0. The van der Waals surface area contributed by atoms with Crippen molar-refractivity contribution in [3.05, 3.63) is 65.5 Å². The van der Waals surface area contributed by atoms with Crippen molar-refractivity contribution in [2.75, 3.05) is 18.8 Å². The van der Waals surface area contributed by atoms with Crippen molar-refractivity contribution in [3.8, 4) is 0 Å². The normalized spacial score (nSPS) is 10.9. The van der Waals surface area contributed by atoms with E-state index in [1.54, 1.807) is 23.9 Å². The first kappa shape index (κ1) is 20.5. The highest BCUT2D eigenvalue weighted by atomic mass is 32.2. The highest BCUT2D eigenvalue weighted by Crippen LogP contribution is 2.18. The Hall–Kier alpha value is -1.85. The summed E-state index contributed by atoms with van der Waals surface area (Å²) in [6, 6.07) is 14.8. The number of nitrogens with one attached hydrogen (secondary N) is 1. The molecule has 1 amide bonds. The molecule has 0 aliphatic carbocycles. The van der Waals surface area contributed by atoms with Gasteiger partial charge in [0.2, 0.25) is 5.91 Å². The van der Waals surface area contributed by atoms with Gasteiger partial charge in [-0.25, -0.2) is 4.39 Å². The van der Waals surface area contributed by atoms with E-state index in [1.165, 1.54) is 17.7 Å². The Kier molecular flexibility index (Phi) is 8.65. The van der Waals surface area contributed by atoms with Crippen LogP contribution in [0, 0.1) is 5.82 Å². The van der Waals surface area contributed by atoms with E-state index in [2.05, 4.69) is 48.3 Å². The van der Waals surface area contributed by atoms with Crippen LogP contribution in [0.3, 0.4) is 0 Å². The molecule has 0 fully saturated rings. The number of nitrogens with zero attached hydrogens (tertiary/aromatic N) is 1. The van der Waals surface area contributed by atoms with Gasteiger partial charge in [-0.2, -0.15) is 0 Å². The molecule has 26 heavy (non-hydrogen) atoms. The van der Waals surface area contributed by atoms with E-state index in [-0.39, 0.29) is 11.7 Å². The third kappa shape index (κ3) is 7.18. The number of hydrogen-bond donors (Lipinski definition) is 1. The van der Waals surface area contributed by atoms with E-state index in [4.69, 9.17) is 0 Å². The summed E-state index contributed by atoms with van der Waals surface area (Å²) in [5.41, 5.74) is 2.40. The predicted octanol–water partition coefficient (Wildman–Crippen LogP) is 4.47. The van der Waals surface area contributed by atoms with Crippen molar-refractivity contribution in [1.82, 2.24) is 10.2 Å². The Bertz CT molecular complexity index is 669. The molecule has 0 heterocycles. The molecule has 0 atom stereocenters. The summed E-state index contributed by atoms with van der Waals surface area (Å²) < 4.78 is 12.8. The SMILES string of the molecule is CCN(CC)Cc1ccc(CNC(=O)CCSc2ccc(F)cc2)cc1. The molecule has 0 aliphatic rings. The van der Waals surface area contributed by atoms with Gasteiger partial charge >= 0.3 is 0 Å². The van der Waals surface area contributed by atoms with Crippen LogP contribution in [0.25, 0.3) is 0 Å². The van der Waals surface area contributed by atoms with E-state index in [0.29, 0.717) is 18.7 Å². The number of halogens is 1. The van der Waals surface area contributed by atoms with Gasteiger partial charge in [0, 0.05) is 30.2 Å². The average molecular weight is 375 g/mol. The highest BCUT2D eigenvalue weighted by Gasteiger charge is 2.04. The summed E-state index contributed by atoms with van der Waals surface area (Å²) in [6.07, 6.45) is 0.447. The number of carbonyl (C=O) groups excluding carboxylic acids is 1. The molecular weight excluding hydrogens is 347 g/mol. The van der Waals surface area contributed by atoms with Crippen molar-refractivity contribution in [2.45, 2.75) is 38.3 Å². The smallest absolute Gasteiger partial charge is 0.221 e. The van der Waals surface area contributed by atoms with Crippen LogP contribution in [0.1, 0.15) is 31.4 Å². The van der Waals surface area contributed by atoms with Crippen molar-refractivity contribution in [3.63, 3.8) is 0 Å². The van der Waals surface area contributed by atoms with Crippen LogP contribution in [-0.2, 0) is 17.9 Å². The Morgan fingerprint density at radius 2 is 1.62 bits per heavy atom. The van der Waals surface area contributed by atoms with Crippen molar-refractivity contribution >= 4 is 17.7 Å². The van der Waals surface area contributed by atoms with Crippen LogP contribution >= 0.6 is 11.8 Å². The number of benzene rings is 2. The summed E-state index contributed by atoms with van der Waals surface area (Å²) in [4.78, 5) is 15.3. The fourth-order valence-corrected chi connectivity index (χ4v) is 3.40. The van der Waals surface area contributed by atoms with Crippen LogP contribution in [0.2, 0.25) is 0 Å². The lowest BCUT2D eigenvalue weighted by molar-refractivity contribution is -0.120. The molecule has 0 unspecified atom stereocenters. The molecule has 0 radical (unpaired) electrons. The lowest BCUT2D eigenvalue weighted by Gasteiger charge is -2.18. The molecule has 0 aliphatic heterocycles. The first-order valence-corrected chi connectivity index (χ1v) is 10.0. The molecule has 0 aromatic heterocycles. The van der Waals surface area contributed by atoms with E-state index < -0.39 is 0 Å². The topological polar surface area (TPSA) is 32.3 Å². The Morgan fingerprint density at radius 1 is 1.00 bits per heavy atom. The minimum atomic E-state index is -0.241. The molecule has 0 bridgehead atoms. The van der Waals surface area contributed by atoms with Gasteiger partial charge in [0.25, 0.3) is 0 Å². The minimum absolute atomic E-state index is 0.0341. The van der Waals surface area contributed by atoms with Gasteiger partial charge in [-0.15, -0.1) is 11.8 Å². The van der Waals surface area contributed by atoms with Crippen LogP contribution < -0.4 is 5.32 Å². The van der Waals surface area contributed by atoms with Crippen LogP contribution in [0.15, 0.2) is 53.4 Å². The highest BCUT2D eigenvalue weighted by molar-refractivity contribution is 7.99. The maximum Gasteiger partial charge on any atom is 0.221 e.